The van der Waals surface area contributed by atoms with Crippen LogP contribution in [0.4, 0.5) is 0 Å². The van der Waals surface area contributed by atoms with E-state index in [0.717, 1.165) is 0 Å². The Morgan fingerprint density at radius 1 is 0.952 bits per heavy atom. The summed E-state index contributed by atoms with van der Waals surface area (Å²) < 4.78 is 11.1. The second kappa shape index (κ2) is 6.67. The molecule has 2 heterocycles. The molecule has 0 aliphatic carbocycles. The lowest BCUT2D eigenvalue weighted by molar-refractivity contribution is 0.221. The van der Waals surface area contributed by atoms with Crippen molar-refractivity contribution < 1.29 is 9.47 Å². The topological polar surface area (TPSA) is 70.0 Å². The molecule has 0 aliphatic rings. The number of hydrogen-bond acceptors (Lipinski definition) is 6. The lowest BCUT2D eigenvalue weighted by Crippen LogP contribution is -2.10. The fraction of sp³-hybridized carbons (Fsp3) is 0.429. The van der Waals surface area contributed by atoms with E-state index in [1.165, 1.54) is 0 Å². The Labute approximate surface area is 128 Å². The van der Waals surface area contributed by atoms with E-state index in [9.17, 15) is 0 Å². The molecule has 0 bridgehead atoms. The summed E-state index contributed by atoms with van der Waals surface area (Å²) in [6.07, 6.45) is 3.28. The van der Waals surface area contributed by atoms with Crippen molar-refractivity contribution in [2.24, 2.45) is 0 Å². The van der Waals surface area contributed by atoms with Crippen molar-refractivity contribution in [1.82, 2.24) is 19.9 Å². The molecule has 0 aliphatic heterocycles. The van der Waals surface area contributed by atoms with Crippen LogP contribution in [0, 0.1) is 0 Å². The number of rotatable bonds is 5. The Morgan fingerprint density at radius 2 is 1.67 bits per heavy atom. The molecule has 0 radical (unpaired) electrons. The number of pyridine rings is 1. The van der Waals surface area contributed by atoms with E-state index in [-0.39, 0.29) is 23.5 Å². The summed E-state index contributed by atoms with van der Waals surface area (Å²) >= 11 is 5.91. The van der Waals surface area contributed by atoms with E-state index >= 15 is 0 Å². The highest BCUT2D eigenvalue weighted by Gasteiger charge is 2.11. The monoisotopic (exact) mass is 308 g/mol. The molecule has 0 N–H and O–H groups in total. The van der Waals surface area contributed by atoms with Gasteiger partial charge in [0.2, 0.25) is 5.28 Å². The van der Waals surface area contributed by atoms with E-state index in [1.807, 2.05) is 27.7 Å². The molecule has 0 aromatic carbocycles. The molecule has 7 heteroatoms. The molecule has 0 unspecified atom stereocenters. The Balaban J connectivity index is 2.34. The summed E-state index contributed by atoms with van der Waals surface area (Å²) in [5.41, 5.74) is 0.686. The van der Waals surface area contributed by atoms with E-state index in [1.54, 1.807) is 18.5 Å². The summed E-state index contributed by atoms with van der Waals surface area (Å²) in [6.45, 7) is 7.66. The van der Waals surface area contributed by atoms with Crippen molar-refractivity contribution in [3.63, 3.8) is 0 Å². The second-order valence-corrected chi connectivity index (χ2v) is 5.29. The van der Waals surface area contributed by atoms with Crippen LogP contribution in [-0.2, 0) is 0 Å². The maximum atomic E-state index is 5.91. The van der Waals surface area contributed by atoms with Gasteiger partial charge in [-0.25, -0.2) is 0 Å². The van der Waals surface area contributed by atoms with Gasteiger partial charge in [0.1, 0.15) is 5.75 Å². The van der Waals surface area contributed by atoms with Gasteiger partial charge in [-0.15, -0.1) is 0 Å². The molecule has 0 fully saturated rings. The SMILES string of the molecule is CC(C)Oc1cncc(-c2nc(Cl)nc(OC(C)C)n2)c1. The molecule has 2 rings (SSSR count). The van der Waals surface area contributed by atoms with Crippen molar-refractivity contribution in [1.29, 1.82) is 0 Å². The van der Waals surface area contributed by atoms with Crippen LogP contribution in [0.3, 0.4) is 0 Å². The maximum absolute atomic E-state index is 5.91. The van der Waals surface area contributed by atoms with Gasteiger partial charge in [-0.3, -0.25) is 4.98 Å². The highest BCUT2D eigenvalue weighted by molar-refractivity contribution is 6.28. The van der Waals surface area contributed by atoms with Gasteiger partial charge >= 0.3 is 6.01 Å². The third kappa shape index (κ3) is 4.53. The third-order valence-electron chi connectivity index (χ3n) is 2.27. The Hall–Kier alpha value is -1.95. The van der Waals surface area contributed by atoms with Gasteiger partial charge < -0.3 is 9.47 Å². The molecule has 0 spiro atoms. The zero-order valence-corrected chi connectivity index (χ0v) is 13.1. The van der Waals surface area contributed by atoms with Crippen LogP contribution in [0.1, 0.15) is 27.7 Å². The first-order valence-electron chi connectivity index (χ1n) is 6.64. The van der Waals surface area contributed by atoms with E-state index in [0.29, 0.717) is 17.1 Å². The van der Waals surface area contributed by atoms with Crippen LogP contribution in [0.25, 0.3) is 11.4 Å². The predicted octanol–water partition coefficient (Wildman–Crippen LogP) is 3.16. The Kier molecular flexibility index (Phi) is 4.90. The zero-order chi connectivity index (χ0) is 15.4. The first kappa shape index (κ1) is 15.4. The fourth-order valence-electron chi connectivity index (χ4n) is 1.60. The molecular formula is C14H17ClN4O2. The number of halogens is 1. The first-order valence-corrected chi connectivity index (χ1v) is 7.02. The molecule has 2 aromatic heterocycles. The predicted molar refractivity (Wildman–Crippen MR) is 79.6 cm³/mol. The smallest absolute Gasteiger partial charge is 0.321 e. The van der Waals surface area contributed by atoms with Gasteiger partial charge in [0.25, 0.3) is 0 Å². The minimum Gasteiger partial charge on any atom is -0.489 e. The van der Waals surface area contributed by atoms with Crippen LogP contribution in [0.5, 0.6) is 11.8 Å². The lowest BCUT2D eigenvalue weighted by atomic mass is 10.2. The zero-order valence-electron chi connectivity index (χ0n) is 12.4. The summed E-state index contributed by atoms with van der Waals surface area (Å²) in [5, 5.41) is 0.0748. The van der Waals surface area contributed by atoms with E-state index in [2.05, 4.69) is 19.9 Å². The summed E-state index contributed by atoms with van der Waals surface area (Å²) in [7, 11) is 0. The minimum atomic E-state index is -0.0509. The quantitative estimate of drug-likeness (QED) is 0.845. The normalized spacial score (nSPS) is 11.0. The van der Waals surface area contributed by atoms with Gasteiger partial charge in [-0.1, -0.05) is 0 Å². The average Bonchev–Trinajstić information content (AvgIpc) is 2.36. The van der Waals surface area contributed by atoms with Crippen molar-refractivity contribution in [2.75, 3.05) is 0 Å². The van der Waals surface area contributed by atoms with E-state index < -0.39 is 0 Å². The molecule has 21 heavy (non-hydrogen) atoms. The highest BCUT2D eigenvalue weighted by Crippen LogP contribution is 2.22. The third-order valence-corrected chi connectivity index (χ3v) is 2.44. The summed E-state index contributed by atoms with van der Waals surface area (Å²) in [4.78, 5) is 16.4. The molecule has 2 aromatic rings. The lowest BCUT2D eigenvalue weighted by Gasteiger charge is -2.11. The van der Waals surface area contributed by atoms with Crippen LogP contribution < -0.4 is 9.47 Å². The van der Waals surface area contributed by atoms with Crippen LogP contribution in [0.2, 0.25) is 5.28 Å². The van der Waals surface area contributed by atoms with Gasteiger partial charge in [0.05, 0.1) is 18.4 Å². The van der Waals surface area contributed by atoms with Crippen molar-refractivity contribution >= 4 is 11.6 Å². The number of ether oxygens (including phenoxy) is 2. The summed E-state index contributed by atoms with van der Waals surface area (Å²) in [5.74, 6) is 1.04. The van der Waals surface area contributed by atoms with Gasteiger partial charge in [-0.2, -0.15) is 15.0 Å². The number of aromatic nitrogens is 4. The molecule has 6 nitrogen and oxygen atoms in total. The molecule has 112 valence electrons. The van der Waals surface area contributed by atoms with Gasteiger partial charge in [0, 0.05) is 11.8 Å². The summed E-state index contributed by atoms with van der Waals surface area (Å²) in [6, 6.07) is 1.99. The minimum absolute atomic E-state index is 0.0509. The average molecular weight is 309 g/mol. The largest absolute Gasteiger partial charge is 0.489 e. The number of nitrogens with zero attached hydrogens (tertiary/aromatic N) is 4. The molecule has 0 saturated carbocycles. The van der Waals surface area contributed by atoms with Crippen LogP contribution in [0.15, 0.2) is 18.5 Å². The second-order valence-electron chi connectivity index (χ2n) is 4.95. The van der Waals surface area contributed by atoms with E-state index in [4.69, 9.17) is 21.1 Å². The maximum Gasteiger partial charge on any atom is 0.321 e. The molecule has 0 atom stereocenters. The number of hydrogen-bond donors (Lipinski definition) is 0. The van der Waals surface area contributed by atoms with Crippen molar-refractivity contribution in [3.05, 3.63) is 23.7 Å². The van der Waals surface area contributed by atoms with Crippen molar-refractivity contribution in [3.8, 4) is 23.1 Å². The fourth-order valence-corrected chi connectivity index (χ4v) is 1.75. The Bertz CT molecular complexity index is 620. The first-order chi connectivity index (χ1) is 9.94. The van der Waals surface area contributed by atoms with Crippen LogP contribution in [-0.4, -0.2) is 32.1 Å². The standard InChI is InChI=1S/C14H17ClN4O2/c1-8(2)20-11-5-10(6-16-7-11)12-17-13(15)19-14(18-12)21-9(3)4/h5-9H,1-4H3. The highest BCUT2D eigenvalue weighted by atomic mass is 35.5. The van der Waals surface area contributed by atoms with Crippen molar-refractivity contribution in [2.45, 2.75) is 39.9 Å². The Morgan fingerprint density at radius 3 is 2.33 bits per heavy atom. The van der Waals surface area contributed by atoms with Crippen LogP contribution >= 0.6 is 11.6 Å². The molecule has 0 saturated heterocycles. The molecule has 0 amide bonds. The van der Waals surface area contributed by atoms with Gasteiger partial charge in [0.15, 0.2) is 5.82 Å². The van der Waals surface area contributed by atoms with Gasteiger partial charge in [-0.05, 0) is 45.4 Å². The molecular weight excluding hydrogens is 292 g/mol.